The number of fused-ring (bicyclic) bond motifs is 2. The fraction of sp³-hybridized carbons (Fsp3) is 0.348. The van der Waals surface area contributed by atoms with Crippen LogP contribution in [0.15, 0.2) is 66.4 Å². The Bertz CT molecular complexity index is 796. The number of hydrogen-bond acceptors (Lipinski definition) is 2. The summed E-state index contributed by atoms with van der Waals surface area (Å²) < 4.78 is 0. The molecule has 0 saturated heterocycles. The van der Waals surface area contributed by atoms with Crippen LogP contribution in [0.3, 0.4) is 0 Å². The normalized spacial score (nSPS) is 24.9. The molecule has 25 heavy (non-hydrogen) atoms. The molecule has 124 valence electrons. The van der Waals surface area contributed by atoms with Crippen LogP contribution in [0.2, 0.25) is 0 Å². The summed E-state index contributed by atoms with van der Waals surface area (Å²) in [5.41, 5.74) is 3.83. The Morgan fingerprint density at radius 2 is 1.92 bits per heavy atom. The average Bonchev–Trinajstić information content (AvgIpc) is 3.05. The summed E-state index contributed by atoms with van der Waals surface area (Å²) in [7, 11) is 0. The molecule has 0 amide bonds. The molecule has 1 aromatic rings. The predicted molar refractivity (Wildman–Crippen MR) is 99.9 cm³/mol. The second kappa shape index (κ2) is 7.40. The van der Waals surface area contributed by atoms with Gasteiger partial charge in [-0.15, -0.1) is 5.73 Å². The van der Waals surface area contributed by atoms with Gasteiger partial charge in [0.1, 0.15) is 0 Å². The summed E-state index contributed by atoms with van der Waals surface area (Å²) in [5.74, 6) is 1.13. The standard InChI is InChI=1S/C23H22N2/c1-2-7-21-20-12-11-19(14-20)15-22(21)23(16-24,17-25)13-6-10-18-8-4-3-5-9-18/h3-10,15,19-21H,1,11-14H2/b10-6+/t19-,20+,21-/m0/s1. The zero-order valence-electron chi connectivity index (χ0n) is 14.4. The number of nitriles is 2. The molecule has 0 N–H and O–H groups in total. The van der Waals surface area contributed by atoms with Crippen LogP contribution in [0.4, 0.5) is 0 Å². The van der Waals surface area contributed by atoms with E-state index in [0.717, 1.165) is 30.4 Å². The first-order valence-electron chi connectivity index (χ1n) is 8.84. The minimum absolute atomic E-state index is 0.112. The summed E-state index contributed by atoms with van der Waals surface area (Å²) in [6.45, 7) is 3.72. The lowest BCUT2D eigenvalue weighted by Gasteiger charge is -2.33. The first kappa shape index (κ1) is 17.0. The molecule has 0 spiro atoms. The third kappa shape index (κ3) is 3.36. The van der Waals surface area contributed by atoms with Crippen LogP contribution in [-0.2, 0) is 0 Å². The van der Waals surface area contributed by atoms with E-state index in [4.69, 9.17) is 0 Å². The van der Waals surface area contributed by atoms with E-state index in [1.54, 1.807) is 0 Å². The largest absolute Gasteiger partial charge is 0.196 e. The maximum absolute atomic E-state index is 9.91. The Morgan fingerprint density at radius 3 is 2.60 bits per heavy atom. The van der Waals surface area contributed by atoms with Crippen molar-refractivity contribution in [1.29, 1.82) is 10.5 Å². The van der Waals surface area contributed by atoms with Crippen LogP contribution < -0.4 is 0 Å². The van der Waals surface area contributed by atoms with Gasteiger partial charge < -0.3 is 0 Å². The molecule has 2 bridgehead atoms. The highest BCUT2D eigenvalue weighted by atomic mass is 14.5. The molecule has 2 nitrogen and oxygen atoms in total. The van der Waals surface area contributed by atoms with E-state index in [2.05, 4.69) is 30.5 Å². The second-order valence-corrected chi connectivity index (χ2v) is 7.00. The summed E-state index contributed by atoms with van der Waals surface area (Å²) in [6.07, 6.45) is 12.0. The van der Waals surface area contributed by atoms with Crippen molar-refractivity contribution in [2.75, 3.05) is 0 Å². The molecule has 2 aliphatic rings. The van der Waals surface area contributed by atoms with Gasteiger partial charge in [0, 0.05) is 12.3 Å². The van der Waals surface area contributed by atoms with Crippen LogP contribution in [0.1, 0.15) is 31.2 Å². The van der Waals surface area contributed by atoms with E-state index in [0.29, 0.717) is 18.3 Å². The maximum Gasteiger partial charge on any atom is 0.168 e. The Labute approximate surface area is 150 Å². The van der Waals surface area contributed by atoms with Crippen molar-refractivity contribution in [2.24, 2.45) is 23.2 Å². The topological polar surface area (TPSA) is 47.6 Å². The first-order valence-corrected chi connectivity index (χ1v) is 8.84. The molecule has 1 fully saturated rings. The van der Waals surface area contributed by atoms with Gasteiger partial charge in [0.25, 0.3) is 0 Å². The molecule has 0 aromatic heterocycles. The lowest BCUT2D eigenvalue weighted by Crippen LogP contribution is -2.29. The van der Waals surface area contributed by atoms with E-state index >= 15 is 0 Å². The molecule has 3 atom stereocenters. The minimum atomic E-state index is -1.11. The smallest absolute Gasteiger partial charge is 0.168 e. The van der Waals surface area contributed by atoms with Gasteiger partial charge in [0.05, 0.1) is 12.1 Å². The molecule has 0 unspecified atom stereocenters. The number of benzene rings is 1. The molecule has 0 aliphatic heterocycles. The van der Waals surface area contributed by atoms with Crippen molar-refractivity contribution in [1.82, 2.24) is 0 Å². The lowest BCUT2D eigenvalue weighted by atomic mass is 9.67. The van der Waals surface area contributed by atoms with Crippen LogP contribution in [0.5, 0.6) is 0 Å². The van der Waals surface area contributed by atoms with Crippen molar-refractivity contribution in [3.05, 3.63) is 72.0 Å². The van der Waals surface area contributed by atoms with E-state index in [1.165, 1.54) is 0 Å². The predicted octanol–water partition coefficient (Wildman–Crippen LogP) is 5.44. The van der Waals surface area contributed by atoms with Crippen molar-refractivity contribution in [2.45, 2.75) is 25.7 Å². The minimum Gasteiger partial charge on any atom is -0.196 e. The second-order valence-electron chi connectivity index (χ2n) is 7.00. The van der Waals surface area contributed by atoms with E-state index in [9.17, 15) is 10.5 Å². The van der Waals surface area contributed by atoms with E-state index < -0.39 is 5.41 Å². The van der Waals surface area contributed by atoms with Crippen molar-refractivity contribution < 1.29 is 0 Å². The zero-order chi connectivity index (χ0) is 17.7. The highest BCUT2D eigenvalue weighted by Gasteiger charge is 2.45. The lowest BCUT2D eigenvalue weighted by molar-refractivity contribution is 0.378. The number of allylic oxidation sites excluding steroid dienone is 4. The summed E-state index contributed by atoms with van der Waals surface area (Å²) in [4.78, 5) is 0. The van der Waals surface area contributed by atoms with Gasteiger partial charge in [-0.05, 0) is 48.3 Å². The Hall–Kier alpha value is -2.80. The van der Waals surface area contributed by atoms with Crippen molar-refractivity contribution in [3.63, 3.8) is 0 Å². The Kier molecular flexibility index (Phi) is 5.04. The zero-order valence-corrected chi connectivity index (χ0v) is 14.4. The summed E-state index contributed by atoms with van der Waals surface area (Å²) in [6, 6.07) is 14.6. The van der Waals surface area contributed by atoms with E-state index in [1.807, 2.05) is 48.6 Å². The Balaban J connectivity index is 1.91. The maximum atomic E-state index is 9.91. The van der Waals surface area contributed by atoms with Gasteiger partial charge in [0.2, 0.25) is 0 Å². The molecule has 3 rings (SSSR count). The molecule has 0 heterocycles. The average molecular weight is 326 g/mol. The molecule has 1 saturated carbocycles. The number of hydrogen-bond donors (Lipinski definition) is 0. The van der Waals surface area contributed by atoms with Gasteiger partial charge in [-0.3, -0.25) is 0 Å². The third-order valence-electron chi connectivity index (χ3n) is 5.50. The monoisotopic (exact) mass is 326 g/mol. The van der Waals surface area contributed by atoms with Crippen LogP contribution in [0.25, 0.3) is 6.08 Å². The van der Waals surface area contributed by atoms with E-state index in [-0.39, 0.29) is 5.92 Å². The molecule has 0 radical (unpaired) electrons. The molecule has 1 aromatic carbocycles. The van der Waals surface area contributed by atoms with Gasteiger partial charge in [0.15, 0.2) is 5.41 Å². The van der Waals surface area contributed by atoms with Gasteiger partial charge in [-0.25, -0.2) is 0 Å². The fourth-order valence-corrected chi connectivity index (χ4v) is 4.23. The summed E-state index contributed by atoms with van der Waals surface area (Å²) >= 11 is 0. The molecule has 2 heteroatoms. The third-order valence-corrected chi connectivity index (χ3v) is 5.50. The number of nitrogens with zero attached hydrogens (tertiary/aromatic N) is 2. The van der Waals surface area contributed by atoms with Crippen LogP contribution in [0, 0.1) is 45.8 Å². The van der Waals surface area contributed by atoms with Crippen molar-refractivity contribution >= 4 is 6.08 Å². The quantitative estimate of drug-likeness (QED) is 0.534. The van der Waals surface area contributed by atoms with Gasteiger partial charge in [-0.2, -0.15) is 10.5 Å². The Morgan fingerprint density at radius 1 is 1.16 bits per heavy atom. The van der Waals surface area contributed by atoms with Gasteiger partial charge in [-0.1, -0.05) is 55.1 Å². The van der Waals surface area contributed by atoms with Crippen LogP contribution in [-0.4, -0.2) is 0 Å². The van der Waals surface area contributed by atoms with Crippen molar-refractivity contribution in [3.8, 4) is 12.1 Å². The van der Waals surface area contributed by atoms with Crippen LogP contribution >= 0.6 is 0 Å². The molecule has 2 aliphatic carbocycles. The first-order chi connectivity index (χ1) is 12.2. The fourth-order valence-electron chi connectivity index (χ4n) is 4.23. The number of rotatable bonds is 5. The molecular formula is C23H22N2. The SMILES string of the molecule is C=C=C[C@@H]1C(C(C#N)(C#N)C/C=C/c2ccccc2)=C[C@H]2CC[C@@H]1C2. The highest BCUT2D eigenvalue weighted by Crippen LogP contribution is 2.51. The highest BCUT2D eigenvalue weighted by molar-refractivity contribution is 5.50. The molecular weight excluding hydrogens is 304 g/mol. The van der Waals surface area contributed by atoms with Gasteiger partial charge >= 0.3 is 0 Å². The summed E-state index contributed by atoms with van der Waals surface area (Å²) in [5, 5.41) is 19.8.